The predicted octanol–water partition coefficient (Wildman–Crippen LogP) is 2.42. The highest BCUT2D eigenvalue weighted by Gasteiger charge is 2.18. The van der Waals surface area contributed by atoms with Gasteiger partial charge in [-0.1, -0.05) is 42.5 Å². The number of benzene rings is 1. The van der Waals surface area contributed by atoms with Crippen molar-refractivity contribution < 1.29 is 19.4 Å². The molecule has 1 unspecified atom stereocenters. The predicted molar refractivity (Wildman–Crippen MR) is 70.9 cm³/mol. The first-order valence-electron chi connectivity index (χ1n) is 5.85. The summed E-state index contributed by atoms with van der Waals surface area (Å²) in [6, 6.07) is 6.71. The number of amides is 1. The van der Waals surface area contributed by atoms with Gasteiger partial charge in [-0.3, -0.25) is 4.79 Å². The number of nitrogens with one attached hydrogen (secondary N) is 1. The second-order valence-corrected chi connectivity index (χ2v) is 4.10. The Morgan fingerprint density at radius 3 is 2.84 bits per heavy atom. The van der Waals surface area contributed by atoms with Gasteiger partial charge in [-0.15, -0.1) is 0 Å². The fraction of sp³-hybridized carbons (Fsp3) is 0.286. The molecule has 0 saturated heterocycles. The van der Waals surface area contributed by atoms with E-state index in [4.69, 9.17) is 9.84 Å². The first kappa shape index (κ1) is 14.8. The van der Waals surface area contributed by atoms with E-state index >= 15 is 0 Å². The van der Waals surface area contributed by atoms with E-state index < -0.39 is 18.1 Å². The van der Waals surface area contributed by atoms with Crippen LogP contribution in [0.3, 0.4) is 0 Å². The Bertz CT molecular complexity index is 470. The number of carboxylic acids is 1. The van der Waals surface area contributed by atoms with Gasteiger partial charge in [0.25, 0.3) is 0 Å². The third-order valence-corrected chi connectivity index (χ3v) is 2.45. The topological polar surface area (TPSA) is 75.6 Å². The van der Waals surface area contributed by atoms with Crippen LogP contribution in [0, 0.1) is 6.92 Å². The number of carbonyl (C=O) groups is 2. The Balaban J connectivity index is 2.79. The molecule has 1 atom stereocenters. The van der Waals surface area contributed by atoms with Crippen LogP contribution >= 0.6 is 0 Å². The summed E-state index contributed by atoms with van der Waals surface area (Å²) in [4.78, 5) is 22.3. The molecule has 0 fully saturated rings. The summed E-state index contributed by atoms with van der Waals surface area (Å²) in [5.41, 5.74) is 1.73. The third-order valence-electron chi connectivity index (χ3n) is 2.45. The molecule has 0 radical (unpaired) electrons. The highest BCUT2D eigenvalue weighted by Crippen LogP contribution is 2.18. The molecule has 5 nitrogen and oxygen atoms in total. The standard InChI is InChI=1S/C14H17NO4/c1-3-7-19-14(18)15-12(9-13(16)17)11-6-4-5-10(2)8-11/h3-6,8,12H,1,7,9H2,2H3,(H,15,18)(H,16,17). The molecule has 0 aliphatic heterocycles. The molecular formula is C14H17NO4. The molecule has 102 valence electrons. The lowest BCUT2D eigenvalue weighted by Gasteiger charge is -2.17. The van der Waals surface area contributed by atoms with Crippen molar-refractivity contribution >= 4 is 12.1 Å². The van der Waals surface area contributed by atoms with Crippen molar-refractivity contribution in [3.63, 3.8) is 0 Å². The first-order valence-corrected chi connectivity index (χ1v) is 5.85. The molecule has 0 bridgehead atoms. The molecule has 0 saturated carbocycles. The molecule has 1 aromatic carbocycles. The van der Waals surface area contributed by atoms with Crippen LogP contribution in [0.4, 0.5) is 4.79 Å². The Kier molecular flexibility index (Phi) is 5.60. The maximum atomic E-state index is 11.5. The fourth-order valence-electron chi connectivity index (χ4n) is 1.63. The van der Waals surface area contributed by atoms with Crippen LogP contribution in [-0.2, 0) is 9.53 Å². The van der Waals surface area contributed by atoms with E-state index in [2.05, 4.69) is 11.9 Å². The van der Waals surface area contributed by atoms with E-state index in [1.54, 1.807) is 6.07 Å². The monoisotopic (exact) mass is 263 g/mol. The summed E-state index contributed by atoms with van der Waals surface area (Å²) in [7, 11) is 0. The smallest absolute Gasteiger partial charge is 0.407 e. The first-order chi connectivity index (χ1) is 9.02. The number of hydrogen-bond donors (Lipinski definition) is 2. The molecule has 0 spiro atoms. The average Bonchev–Trinajstić information content (AvgIpc) is 2.35. The van der Waals surface area contributed by atoms with Crippen LogP contribution in [0.2, 0.25) is 0 Å². The second-order valence-electron chi connectivity index (χ2n) is 4.10. The molecule has 2 N–H and O–H groups in total. The van der Waals surface area contributed by atoms with E-state index in [-0.39, 0.29) is 13.0 Å². The van der Waals surface area contributed by atoms with Crippen molar-refractivity contribution in [3.05, 3.63) is 48.0 Å². The summed E-state index contributed by atoms with van der Waals surface area (Å²) in [5.74, 6) is -0.990. The van der Waals surface area contributed by atoms with Crippen LogP contribution < -0.4 is 5.32 Å². The number of aliphatic carboxylic acids is 1. The minimum atomic E-state index is -0.990. The highest BCUT2D eigenvalue weighted by atomic mass is 16.5. The van der Waals surface area contributed by atoms with Gasteiger partial charge in [-0.05, 0) is 12.5 Å². The van der Waals surface area contributed by atoms with E-state index in [1.165, 1.54) is 6.08 Å². The molecule has 0 aromatic heterocycles. The molecule has 0 heterocycles. The van der Waals surface area contributed by atoms with Gasteiger partial charge in [-0.2, -0.15) is 0 Å². The molecule has 5 heteroatoms. The lowest BCUT2D eigenvalue weighted by Crippen LogP contribution is -2.30. The van der Waals surface area contributed by atoms with Gasteiger partial charge in [0.2, 0.25) is 0 Å². The maximum absolute atomic E-state index is 11.5. The summed E-state index contributed by atoms with van der Waals surface area (Å²) < 4.78 is 4.79. The number of carboxylic acid groups (broad SMARTS) is 1. The van der Waals surface area contributed by atoms with Gasteiger partial charge in [0, 0.05) is 0 Å². The van der Waals surface area contributed by atoms with Gasteiger partial charge < -0.3 is 15.2 Å². The van der Waals surface area contributed by atoms with Crippen molar-refractivity contribution in [2.75, 3.05) is 6.61 Å². The molecular weight excluding hydrogens is 246 g/mol. The highest BCUT2D eigenvalue weighted by molar-refractivity contribution is 5.72. The van der Waals surface area contributed by atoms with Gasteiger partial charge in [-0.25, -0.2) is 4.79 Å². The minimum absolute atomic E-state index is 0.0828. The zero-order chi connectivity index (χ0) is 14.3. The normalized spacial score (nSPS) is 11.4. The van der Waals surface area contributed by atoms with Crippen molar-refractivity contribution in [2.24, 2.45) is 0 Å². The minimum Gasteiger partial charge on any atom is -0.481 e. The van der Waals surface area contributed by atoms with Crippen molar-refractivity contribution in [3.8, 4) is 0 Å². The van der Waals surface area contributed by atoms with Crippen molar-refractivity contribution in [1.29, 1.82) is 0 Å². The van der Waals surface area contributed by atoms with Crippen LogP contribution in [-0.4, -0.2) is 23.8 Å². The van der Waals surface area contributed by atoms with Crippen molar-refractivity contribution in [1.82, 2.24) is 5.32 Å². The Labute approximate surface area is 111 Å². The summed E-state index contributed by atoms with van der Waals surface area (Å²) in [6.07, 6.45) is 0.582. The molecule has 1 rings (SSSR count). The Hall–Kier alpha value is -2.30. The van der Waals surface area contributed by atoms with Crippen LogP contribution in [0.25, 0.3) is 0 Å². The number of aryl methyl sites for hydroxylation is 1. The Morgan fingerprint density at radius 1 is 1.53 bits per heavy atom. The molecule has 1 aromatic rings. The second kappa shape index (κ2) is 7.20. The summed E-state index contributed by atoms with van der Waals surface area (Å²) in [5, 5.41) is 11.4. The average molecular weight is 263 g/mol. The van der Waals surface area contributed by atoms with Crippen LogP contribution in [0.1, 0.15) is 23.6 Å². The SMILES string of the molecule is C=CCOC(=O)NC(CC(=O)O)c1cccc(C)c1. The van der Waals surface area contributed by atoms with Gasteiger partial charge in [0.05, 0.1) is 12.5 Å². The summed E-state index contributed by atoms with van der Waals surface area (Å²) >= 11 is 0. The van der Waals surface area contributed by atoms with Crippen molar-refractivity contribution in [2.45, 2.75) is 19.4 Å². The quantitative estimate of drug-likeness (QED) is 0.773. The number of ether oxygens (including phenoxy) is 1. The molecule has 0 aliphatic rings. The lowest BCUT2D eigenvalue weighted by molar-refractivity contribution is -0.137. The van der Waals surface area contributed by atoms with E-state index in [9.17, 15) is 9.59 Å². The van der Waals surface area contributed by atoms with Crippen LogP contribution in [0.5, 0.6) is 0 Å². The van der Waals surface area contributed by atoms with E-state index in [1.807, 2.05) is 25.1 Å². The molecule has 1 amide bonds. The molecule has 0 aliphatic carbocycles. The number of alkyl carbamates (subject to hydrolysis) is 1. The third kappa shape index (κ3) is 5.25. The number of hydrogen-bond acceptors (Lipinski definition) is 3. The largest absolute Gasteiger partial charge is 0.481 e. The van der Waals surface area contributed by atoms with E-state index in [0.29, 0.717) is 0 Å². The van der Waals surface area contributed by atoms with Gasteiger partial charge in [0.15, 0.2) is 0 Å². The van der Waals surface area contributed by atoms with Crippen LogP contribution in [0.15, 0.2) is 36.9 Å². The van der Waals surface area contributed by atoms with Gasteiger partial charge in [0.1, 0.15) is 6.61 Å². The fourth-order valence-corrected chi connectivity index (χ4v) is 1.63. The van der Waals surface area contributed by atoms with Gasteiger partial charge >= 0.3 is 12.1 Å². The summed E-state index contributed by atoms with van der Waals surface area (Å²) in [6.45, 7) is 5.41. The zero-order valence-corrected chi connectivity index (χ0v) is 10.8. The molecule has 19 heavy (non-hydrogen) atoms. The maximum Gasteiger partial charge on any atom is 0.407 e. The zero-order valence-electron chi connectivity index (χ0n) is 10.8. The lowest BCUT2D eigenvalue weighted by atomic mass is 10.0. The Morgan fingerprint density at radius 2 is 2.26 bits per heavy atom. The van der Waals surface area contributed by atoms with E-state index in [0.717, 1.165) is 11.1 Å². The number of rotatable bonds is 6. The number of carbonyl (C=O) groups excluding carboxylic acids is 1.